The second kappa shape index (κ2) is 17.3. The Balaban J connectivity index is 3.03. The van der Waals surface area contributed by atoms with Crippen LogP contribution in [-0.2, 0) is 0 Å². The van der Waals surface area contributed by atoms with Gasteiger partial charge in [-0.3, -0.25) is 0 Å². The predicted octanol–water partition coefficient (Wildman–Crippen LogP) is 5.92. The van der Waals surface area contributed by atoms with Crippen molar-refractivity contribution >= 4 is 0 Å². The first-order valence-electron chi connectivity index (χ1n) is 10.2. The standard InChI is InChI=1S/C20H44N2/c1-3-4-5-6-7-8-9-10-11-12-13-14-15-16-17-18-20(22)19(2)21/h19-20H,3-18,21-22H2,1-2H3. The highest BCUT2D eigenvalue weighted by molar-refractivity contribution is 4.70. The third-order valence-electron chi connectivity index (χ3n) is 4.82. The maximum absolute atomic E-state index is 5.95. The molecule has 134 valence electrons. The van der Waals surface area contributed by atoms with Gasteiger partial charge in [0.2, 0.25) is 0 Å². The van der Waals surface area contributed by atoms with Gasteiger partial charge in [-0.05, 0) is 13.3 Å². The van der Waals surface area contributed by atoms with Gasteiger partial charge < -0.3 is 11.5 Å². The summed E-state index contributed by atoms with van der Waals surface area (Å²) < 4.78 is 0. The minimum absolute atomic E-state index is 0.145. The van der Waals surface area contributed by atoms with E-state index in [4.69, 9.17) is 11.5 Å². The van der Waals surface area contributed by atoms with Crippen LogP contribution in [0.3, 0.4) is 0 Å². The van der Waals surface area contributed by atoms with E-state index in [0.717, 1.165) is 6.42 Å². The lowest BCUT2D eigenvalue weighted by Crippen LogP contribution is -2.38. The molecule has 2 atom stereocenters. The van der Waals surface area contributed by atoms with Crippen LogP contribution >= 0.6 is 0 Å². The molecular weight excluding hydrogens is 268 g/mol. The summed E-state index contributed by atoms with van der Waals surface area (Å²) in [5.74, 6) is 0. The molecule has 0 aromatic rings. The SMILES string of the molecule is CCCCCCCCCCCCCCCCCC(N)C(C)N. The van der Waals surface area contributed by atoms with Gasteiger partial charge in [0.1, 0.15) is 0 Å². The molecule has 4 N–H and O–H groups in total. The fourth-order valence-corrected chi connectivity index (χ4v) is 3.01. The summed E-state index contributed by atoms with van der Waals surface area (Å²) in [4.78, 5) is 0. The zero-order valence-corrected chi connectivity index (χ0v) is 15.6. The number of rotatable bonds is 17. The highest BCUT2D eigenvalue weighted by Gasteiger charge is 2.06. The Bertz CT molecular complexity index is 204. The molecule has 22 heavy (non-hydrogen) atoms. The minimum Gasteiger partial charge on any atom is -0.327 e. The van der Waals surface area contributed by atoms with Crippen molar-refractivity contribution in [1.82, 2.24) is 0 Å². The molecule has 2 nitrogen and oxygen atoms in total. The van der Waals surface area contributed by atoms with Gasteiger partial charge in [0.05, 0.1) is 0 Å². The van der Waals surface area contributed by atoms with Crippen LogP contribution in [0.1, 0.15) is 117 Å². The van der Waals surface area contributed by atoms with Crippen LogP contribution < -0.4 is 11.5 Å². The molecule has 0 spiro atoms. The maximum atomic E-state index is 5.95. The van der Waals surface area contributed by atoms with E-state index in [0.29, 0.717) is 0 Å². The molecule has 0 aliphatic heterocycles. The number of unbranched alkanes of at least 4 members (excludes halogenated alkanes) is 14. The average Bonchev–Trinajstić information content (AvgIpc) is 2.50. The second-order valence-corrected chi connectivity index (χ2v) is 7.26. The normalized spacial score (nSPS) is 14.2. The fraction of sp³-hybridized carbons (Fsp3) is 1.00. The van der Waals surface area contributed by atoms with Crippen LogP contribution in [0.4, 0.5) is 0 Å². The Morgan fingerprint density at radius 2 is 0.864 bits per heavy atom. The highest BCUT2D eigenvalue weighted by atomic mass is 14.8. The van der Waals surface area contributed by atoms with E-state index < -0.39 is 0 Å². The quantitative estimate of drug-likeness (QED) is 0.327. The van der Waals surface area contributed by atoms with Crippen LogP contribution in [0.2, 0.25) is 0 Å². The molecule has 0 aromatic carbocycles. The van der Waals surface area contributed by atoms with Gasteiger partial charge in [0.15, 0.2) is 0 Å². The van der Waals surface area contributed by atoms with Crippen molar-refractivity contribution in [3.8, 4) is 0 Å². The third kappa shape index (κ3) is 16.3. The lowest BCUT2D eigenvalue weighted by molar-refractivity contribution is 0.480. The summed E-state index contributed by atoms with van der Waals surface area (Å²) in [6.45, 7) is 4.30. The summed E-state index contributed by atoms with van der Waals surface area (Å²) in [5.41, 5.74) is 11.7. The van der Waals surface area contributed by atoms with E-state index >= 15 is 0 Å². The van der Waals surface area contributed by atoms with Crippen molar-refractivity contribution in [2.45, 2.75) is 129 Å². The lowest BCUT2D eigenvalue weighted by atomic mass is 10.0. The van der Waals surface area contributed by atoms with Gasteiger partial charge in [-0.15, -0.1) is 0 Å². The molecule has 0 bridgehead atoms. The van der Waals surface area contributed by atoms with Crippen molar-refractivity contribution in [2.24, 2.45) is 11.5 Å². The highest BCUT2D eigenvalue weighted by Crippen LogP contribution is 2.14. The first kappa shape index (κ1) is 21.9. The summed E-state index contributed by atoms with van der Waals surface area (Å²) in [7, 11) is 0. The molecule has 2 heteroatoms. The summed E-state index contributed by atoms with van der Waals surface area (Å²) >= 11 is 0. The van der Waals surface area contributed by atoms with E-state index in [1.807, 2.05) is 6.92 Å². The van der Waals surface area contributed by atoms with Gasteiger partial charge in [0.25, 0.3) is 0 Å². The van der Waals surface area contributed by atoms with E-state index in [-0.39, 0.29) is 12.1 Å². The molecule has 0 amide bonds. The largest absolute Gasteiger partial charge is 0.327 e. The molecule has 0 radical (unpaired) electrons. The van der Waals surface area contributed by atoms with E-state index in [1.165, 1.54) is 96.3 Å². The van der Waals surface area contributed by atoms with E-state index in [2.05, 4.69) is 6.92 Å². The zero-order valence-electron chi connectivity index (χ0n) is 15.6. The molecule has 2 unspecified atom stereocenters. The summed E-state index contributed by atoms with van der Waals surface area (Å²) in [5, 5.41) is 0. The van der Waals surface area contributed by atoms with Crippen molar-refractivity contribution in [3.05, 3.63) is 0 Å². The molecule has 0 aliphatic carbocycles. The monoisotopic (exact) mass is 312 g/mol. The molecule has 0 saturated carbocycles. The van der Waals surface area contributed by atoms with Crippen LogP contribution in [0.25, 0.3) is 0 Å². The average molecular weight is 313 g/mol. The molecular formula is C20H44N2. The molecule has 0 saturated heterocycles. The predicted molar refractivity (Wildman–Crippen MR) is 101 cm³/mol. The molecule has 0 rings (SSSR count). The van der Waals surface area contributed by atoms with Gasteiger partial charge >= 0.3 is 0 Å². The summed E-state index contributed by atoms with van der Waals surface area (Å²) in [6, 6.07) is 0.341. The van der Waals surface area contributed by atoms with Crippen LogP contribution in [0.5, 0.6) is 0 Å². The van der Waals surface area contributed by atoms with Crippen LogP contribution in [-0.4, -0.2) is 12.1 Å². The Morgan fingerprint density at radius 1 is 0.545 bits per heavy atom. The molecule has 0 heterocycles. The smallest absolute Gasteiger partial charge is 0.0189 e. The van der Waals surface area contributed by atoms with E-state index in [1.54, 1.807) is 0 Å². The van der Waals surface area contributed by atoms with Crippen molar-refractivity contribution < 1.29 is 0 Å². The Hall–Kier alpha value is -0.0800. The van der Waals surface area contributed by atoms with Crippen LogP contribution in [0.15, 0.2) is 0 Å². The Kier molecular flexibility index (Phi) is 17.2. The van der Waals surface area contributed by atoms with Gasteiger partial charge in [-0.2, -0.15) is 0 Å². The maximum Gasteiger partial charge on any atom is 0.0189 e. The topological polar surface area (TPSA) is 52.0 Å². The third-order valence-corrected chi connectivity index (χ3v) is 4.82. The first-order valence-corrected chi connectivity index (χ1v) is 10.2. The number of nitrogens with two attached hydrogens (primary N) is 2. The fourth-order valence-electron chi connectivity index (χ4n) is 3.01. The number of hydrogen-bond acceptors (Lipinski definition) is 2. The second-order valence-electron chi connectivity index (χ2n) is 7.26. The number of hydrogen-bond donors (Lipinski definition) is 2. The Labute approximate surface area is 140 Å². The molecule has 0 aromatic heterocycles. The van der Waals surface area contributed by atoms with Crippen molar-refractivity contribution in [1.29, 1.82) is 0 Å². The van der Waals surface area contributed by atoms with Crippen molar-refractivity contribution in [2.75, 3.05) is 0 Å². The van der Waals surface area contributed by atoms with E-state index in [9.17, 15) is 0 Å². The zero-order chi connectivity index (χ0) is 16.5. The van der Waals surface area contributed by atoms with Gasteiger partial charge in [-0.1, -0.05) is 103 Å². The first-order chi connectivity index (χ1) is 10.7. The van der Waals surface area contributed by atoms with Crippen LogP contribution in [0, 0.1) is 0 Å². The molecule has 0 aliphatic rings. The Morgan fingerprint density at radius 3 is 1.18 bits per heavy atom. The molecule has 0 fully saturated rings. The lowest BCUT2D eigenvalue weighted by Gasteiger charge is -2.14. The summed E-state index contributed by atoms with van der Waals surface area (Å²) in [6.07, 6.45) is 22.3. The van der Waals surface area contributed by atoms with Gasteiger partial charge in [0, 0.05) is 12.1 Å². The van der Waals surface area contributed by atoms with Crippen molar-refractivity contribution in [3.63, 3.8) is 0 Å². The van der Waals surface area contributed by atoms with Gasteiger partial charge in [-0.25, -0.2) is 0 Å². The minimum atomic E-state index is 0.145.